The summed E-state index contributed by atoms with van der Waals surface area (Å²) in [5, 5.41) is 11.7. The molecule has 3 rings (SSSR count). The maximum atomic E-state index is 12.5. The Hall–Kier alpha value is -3.35. The molecule has 1 aliphatic rings. The van der Waals surface area contributed by atoms with Gasteiger partial charge in [-0.2, -0.15) is 0 Å². The number of imide groups is 1. The van der Waals surface area contributed by atoms with Crippen molar-refractivity contribution in [2.24, 2.45) is 5.92 Å². The van der Waals surface area contributed by atoms with Crippen LogP contribution >= 0.6 is 0 Å². The van der Waals surface area contributed by atoms with Gasteiger partial charge in [0, 0.05) is 6.54 Å². The van der Waals surface area contributed by atoms with Gasteiger partial charge in [-0.05, 0) is 36.2 Å². The molecule has 2 atom stereocenters. The summed E-state index contributed by atoms with van der Waals surface area (Å²) >= 11 is 0. The van der Waals surface area contributed by atoms with E-state index in [0.717, 1.165) is 10.5 Å². The summed E-state index contributed by atoms with van der Waals surface area (Å²) in [6.07, 6.45) is -0.173. The maximum Gasteiger partial charge on any atom is 0.335 e. The third-order valence-electron chi connectivity index (χ3n) is 4.46. The molecule has 140 valence electrons. The van der Waals surface area contributed by atoms with Crippen molar-refractivity contribution in [1.29, 1.82) is 0 Å². The van der Waals surface area contributed by atoms with Gasteiger partial charge in [-0.15, -0.1) is 0 Å². The summed E-state index contributed by atoms with van der Waals surface area (Å²) in [4.78, 5) is 36.7. The lowest BCUT2D eigenvalue weighted by Gasteiger charge is -2.44. The van der Waals surface area contributed by atoms with Crippen molar-refractivity contribution in [3.8, 4) is 5.75 Å². The lowest BCUT2D eigenvalue weighted by Crippen LogP contribution is -2.67. The molecule has 1 heterocycles. The first kappa shape index (κ1) is 18.4. The molecule has 2 N–H and O–H groups in total. The molecule has 3 amide bonds. The molecule has 7 heteroatoms. The van der Waals surface area contributed by atoms with Gasteiger partial charge < -0.3 is 15.2 Å². The Bertz CT molecular complexity index is 835. The molecule has 7 nitrogen and oxygen atoms in total. The van der Waals surface area contributed by atoms with Crippen molar-refractivity contribution >= 4 is 17.9 Å². The van der Waals surface area contributed by atoms with Crippen LogP contribution in [0.1, 0.15) is 29.3 Å². The molecular weight excluding hydrogens is 348 g/mol. The minimum atomic E-state index is -1.03. The average molecular weight is 368 g/mol. The van der Waals surface area contributed by atoms with Gasteiger partial charge in [0.05, 0.1) is 11.5 Å². The Kier molecular flexibility index (Phi) is 5.40. The van der Waals surface area contributed by atoms with Crippen molar-refractivity contribution in [3.05, 3.63) is 65.7 Å². The number of carbonyl (C=O) groups excluding carboxylic acids is 2. The van der Waals surface area contributed by atoms with Gasteiger partial charge >= 0.3 is 12.0 Å². The summed E-state index contributed by atoms with van der Waals surface area (Å²) < 4.78 is 5.80. The highest BCUT2D eigenvalue weighted by Gasteiger charge is 2.51. The Labute approximate surface area is 156 Å². The second-order valence-corrected chi connectivity index (χ2v) is 6.21. The van der Waals surface area contributed by atoms with Crippen LogP contribution in [0.5, 0.6) is 5.75 Å². The van der Waals surface area contributed by atoms with E-state index in [2.05, 4.69) is 5.32 Å². The molecule has 27 heavy (non-hydrogen) atoms. The van der Waals surface area contributed by atoms with Crippen LogP contribution in [0, 0.1) is 5.92 Å². The van der Waals surface area contributed by atoms with Crippen LogP contribution in [-0.2, 0) is 11.3 Å². The highest BCUT2D eigenvalue weighted by atomic mass is 16.5. The zero-order valence-electron chi connectivity index (χ0n) is 14.8. The fraction of sp³-hybridized carbons (Fsp3) is 0.250. The quantitative estimate of drug-likeness (QED) is 0.765. The lowest BCUT2D eigenvalue weighted by atomic mass is 9.93. The molecule has 0 aliphatic carbocycles. The van der Waals surface area contributed by atoms with E-state index in [1.165, 1.54) is 24.3 Å². The summed E-state index contributed by atoms with van der Waals surface area (Å²) in [5.74, 6) is -1.33. The number of β-lactam (4-membered cyclic amide) rings is 1. The Balaban J connectivity index is 1.67. The Morgan fingerprint density at radius 2 is 1.78 bits per heavy atom. The lowest BCUT2D eigenvalue weighted by molar-refractivity contribution is -0.167. The summed E-state index contributed by atoms with van der Waals surface area (Å²) in [6.45, 7) is 2.16. The average Bonchev–Trinajstić information content (AvgIpc) is 2.67. The number of benzene rings is 2. The van der Waals surface area contributed by atoms with Gasteiger partial charge in [-0.25, -0.2) is 14.5 Å². The van der Waals surface area contributed by atoms with Crippen LogP contribution in [0.25, 0.3) is 0 Å². The van der Waals surface area contributed by atoms with E-state index in [0.29, 0.717) is 18.7 Å². The first-order valence-corrected chi connectivity index (χ1v) is 8.66. The number of aromatic carboxylic acids is 1. The van der Waals surface area contributed by atoms with Gasteiger partial charge in [0.2, 0.25) is 5.91 Å². The molecule has 1 fully saturated rings. The van der Waals surface area contributed by atoms with Gasteiger partial charge in [0.15, 0.2) is 6.23 Å². The maximum absolute atomic E-state index is 12.5. The predicted molar refractivity (Wildman–Crippen MR) is 97.1 cm³/mol. The van der Waals surface area contributed by atoms with Gasteiger partial charge in [-0.1, -0.05) is 37.3 Å². The monoisotopic (exact) mass is 368 g/mol. The van der Waals surface area contributed by atoms with Crippen LogP contribution < -0.4 is 10.1 Å². The number of carboxylic acids is 1. The number of carboxylic acid groups (broad SMARTS) is 1. The third-order valence-corrected chi connectivity index (χ3v) is 4.46. The molecule has 0 spiro atoms. The van der Waals surface area contributed by atoms with Crippen molar-refractivity contribution in [1.82, 2.24) is 10.2 Å². The zero-order valence-corrected chi connectivity index (χ0v) is 14.8. The number of amides is 3. The summed E-state index contributed by atoms with van der Waals surface area (Å²) in [7, 11) is 0. The molecule has 0 aromatic heterocycles. The largest absolute Gasteiger partial charge is 0.478 e. The highest BCUT2D eigenvalue weighted by Crippen LogP contribution is 2.32. The van der Waals surface area contributed by atoms with Gasteiger partial charge in [0.25, 0.3) is 0 Å². The van der Waals surface area contributed by atoms with Gasteiger partial charge in [-0.3, -0.25) is 4.79 Å². The first-order valence-electron chi connectivity index (χ1n) is 8.66. The van der Waals surface area contributed by atoms with Crippen molar-refractivity contribution in [3.63, 3.8) is 0 Å². The fourth-order valence-corrected chi connectivity index (χ4v) is 2.92. The number of nitrogens with one attached hydrogen (secondary N) is 1. The van der Waals surface area contributed by atoms with Crippen molar-refractivity contribution in [2.45, 2.75) is 26.1 Å². The van der Waals surface area contributed by atoms with E-state index >= 15 is 0 Å². The number of hydrogen-bond donors (Lipinski definition) is 2. The topological polar surface area (TPSA) is 95.9 Å². The number of rotatable bonds is 6. The number of hydrogen-bond acceptors (Lipinski definition) is 4. The minimum Gasteiger partial charge on any atom is -0.478 e. The number of urea groups is 1. The van der Waals surface area contributed by atoms with E-state index in [9.17, 15) is 14.4 Å². The molecule has 2 aromatic carbocycles. The van der Waals surface area contributed by atoms with E-state index in [-0.39, 0.29) is 11.5 Å². The molecule has 0 unspecified atom stereocenters. The predicted octanol–water partition coefficient (Wildman–Crippen LogP) is 2.87. The third kappa shape index (κ3) is 3.92. The molecule has 0 bridgehead atoms. The molecule has 0 radical (unpaired) electrons. The highest BCUT2D eigenvalue weighted by molar-refractivity contribution is 6.01. The number of likely N-dealkylation sites (tertiary alicyclic amines) is 1. The molecule has 1 aliphatic heterocycles. The number of ether oxygens (including phenoxy) is 1. The summed E-state index contributed by atoms with van der Waals surface area (Å²) in [5.41, 5.74) is 1.06. The minimum absolute atomic E-state index is 0.136. The second-order valence-electron chi connectivity index (χ2n) is 6.21. The van der Waals surface area contributed by atoms with Crippen molar-refractivity contribution in [2.75, 3.05) is 0 Å². The smallest absolute Gasteiger partial charge is 0.335 e. The number of nitrogens with zero attached hydrogens (tertiary/aromatic N) is 1. The molecular formula is C20H20N2O5. The van der Waals surface area contributed by atoms with Crippen LogP contribution in [0.15, 0.2) is 54.6 Å². The Morgan fingerprint density at radius 3 is 2.37 bits per heavy atom. The molecule has 0 saturated carbocycles. The SMILES string of the molecule is CC[C@@H]1C(=O)N(C(=O)NCc2ccccc2)[C@@H]1Oc1ccc(C(=O)O)cc1. The zero-order chi connectivity index (χ0) is 19.4. The fourth-order valence-electron chi connectivity index (χ4n) is 2.92. The van der Waals surface area contributed by atoms with Crippen LogP contribution in [0.3, 0.4) is 0 Å². The normalized spacial score (nSPS) is 18.6. The molecule has 1 saturated heterocycles. The second kappa shape index (κ2) is 7.90. The van der Waals surface area contributed by atoms with E-state index in [1.807, 2.05) is 37.3 Å². The first-order chi connectivity index (χ1) is 13.0. The standard InChI is InChI=1S/C20H20N2O5/c1-2-16-17(23)22(20(26)21-12-13-6-4-3-5-7-13)18(16)27-15-10-8-14(9-11-15)19(24)25/h3-11,16,18H,2,12H2,1H3,(H,21,26)(H,24,25)/t16-,18-/m1/s1. The van der Waals surface area contributed by atoms with E-state index < -0.39 is 24.1 Å². The summed E-state index contributed by atoms with van der Waals surface area (Å²) in [6, 6.07) is 14.7. The van der Waals surface area contributed by atoms with Crippen LogP contribution in [0.2, 0.25) is 0 Å². The number of carbonyl (C=O) groups is 3. The van der Waals surface area contributed by atoms with E-state index in [4.69, 9.17) is 9.84 Å². The van der Waals surface area contributed by atoms with E-state index in [1.54, 1.807) is 0 Å². The molecule has 2 aromatic rings. The van der Waals surface area contributed by atoms with Crippen LogP contribution in [-0.4, -0.2) is 34.1 Å². The van der Waals surface area contributed by atoms with Crippen molar-refractivity contribution < 1.29 is 24.2 Å². The van der Waals surface area contributed by atoms with Crippen LogP contribution in [0.4, 0.5) is 4.79 Å². The van der Waals surface area contributed by atoms with Gasteiger partial charge in [0.1, 0.15) is 5.75 Å². The Morgan fingerprint density at radius 1 is 1.11 bits per heavy atom.